The second-order valence-electron chi connectivity index (χ2n) is 4.56. The zero-order chi connectivity index (χ0) is 11.4. The molecule has 0 aliphatic heterocycles. The van der Waals surface area contributed by atoms with Crippen LogP contribution in [0.25, 0.3) is 0 Å². The summed E-state index contributed by atoms with van der Waals surface area (Å²) >= 11 is 0. The van der Waals surface area contributed by atoms with Crippen molar-refractivity contribution < 1.29 is 9.59 Å². The maximum Gasteiger partial charge on any atom is 0.140 e. The largest absolute Gasteiger partial charge is 0.299 e. The number of rotatable bonds is 5. The van der Waals surface area contributed by atoms with E-state index >= 15 is 0 Å². The van der Waals surface area contributed by atoms with Crippen molar-refractivity contribution in [3.8, 4) is 0 Å². The monoisotopic (exact) mass is 208 g/mol. The van der Waals surface area contributed by atoms with Crippen LogP contribution in [0, 0.1) is 17.8 Å². The molecule has 1 aliphatic carbocycles. The van der Waals surface area contributed by atoms with E-state index in [4.69, 9.17) is 0 Å². The van der Waals surface area contributed by atoms with Gasteiger partial charge in [0.15, 0.2) is 0 Å². The van der Waals surface area contributed by atoms with Gasteiger partial charge in [-0.15, -0.1) is 6.58 Å². The van der Waals surface area contributed by atoms with Crippen LogP contribution in [0.3, 0.4) is 0 Å². The number of ketones is 2. The van der Waals surface area contributed by atoms with Crippen LogP contribution in [0.15, 0.2) is 12.7 Å². The minimum atomic E-state index is -0.453. The van der Waals surface area contributed by atoms with Crippen molar-refractivity contribution in [3.63, 3.8) is 0 Å². The number of carbonyl (C=O) groups excluding carboxylic acids is 2. The first kappa shape index (κ1) is 12.2. The molecule has 0 aromatic heterocycles. The van der Waals surface area contributed by atoms with Gasteiger partial charge in [0.1, 0.15) is 11.6 Å². The Hall–Kier alpha value is -0.920. The van der Waals surface area contributed by atoms with Gasteiger partial charge in [-0.05, 0) is 38.5 Å². The van der Waals surface area contributed by atoms with Gasteiger partial charge in [0, 0.05) is 0 Å². The Balaban J connectivity index is 2.81. The van der Waals surface area contributed by atoms with Crippen LogP contribution in [0.2, 0.25) is 0 Å². The summed E-state index contributed by atoms with van der Waals surface area (Å²) < 4.78 is 0. The lowest BCUT2D eigenvalue weighted by Crippen LogP contribution is -2.31. The molecule has 0 heterocycles. The van der Waals surface area contributed by atoms with Gasteiger partial charge in [0.05, 0.1) is 5.92 Å². The van der Waals surface area contributed by atoms with E-state index in [2.05, 4.69) is 6.58 Å². The van der Waals surface area contributed by atoms with E-state index in [9.17, 15) is 9.59 Å². The predicted molar refractivity (Wildman–Crippen MR) is 60.5 cm³/mol. The Labute approximate surface area is 91.7 Å². The number of hydrogen-bond donors (Lipinski definition) is 0. The summed E-state index contributed by atoms with van der Waals surface area (Å²) in [5, 5.41) is 0. The highest BCUT2D eigenvalue weighted by Gasteiger charge is 2.34. The van der Waals surface area contributed by atoms with Crippen LogP contribution in [0.4, 0.5) is 0 Å². The maximum absolute atomic E-state index is 11.5. The molecule has 0 aromatic rings. The molecule has 0 unspecified atom stereocenters. The molecule has 0 saturated heterocycles. The van der Waals surface area contributed by atoms with E-state index in [0.29, 0.717) is 5.92 Å². The zero-order valence-electron chi connectivity index (χ0n) is 9.66. The summed E-state index contributed by atoms with van der Waals surface area (Å²) in [6, 6.07) is 0. The highest BCUT2D eigenvalue weighted by Crippen LogP contribution is 2.36. The fourth-order valence-electron chi connectivity index (χ4n) is 2.77. The molecule has 0 spiro atoms. The minimum absolute atomic E-state index is 0.0145. The van der Waals surface area contributed by atoms with Crippen molar-refractivity contribution in [1.82, 2.24) is 0 Å². The van der Waals surface area contributed by atoms with Gasteiger partial charge in [-0.1, -0.05) is 18.9 Å². The first-order chi connectivity index (χ1) is 7.07. The molecule has 1 rings (SSSR count). The van der Waals surface area contributed by atoms with Gasteiger partial charge in [0.2, 0.25) is 0 Å². The molecule has 2 nitrogen and oxygen atoms in total. The molecule has 15 heavy (non-hydrogen) atoms. The Morgan fingerprint density at radius 2 is 1.67 bits per heavy atom. The lowest BCUT2D eigenvalue weighted by Gasteiger charge is -2.25. The molecule has 0 aromatic carbocycles. The fraction of sp³-hybridized carbons (Fsp3) is 0.692. The van der Waals surface area contributed by atoms with E-state index in [1.165, 1.54) is 26.7 Å². The van der Waals surface area contributed by atoms with Gasteiger partial charge in [-0.2, -0.15) is 0 Å². The number of allylic oxidation sites excluding steroid dienone is 1. The third-order valence-corrected chi connectivity index (χ3v) is 3.48. The second-order valence-corrected chi connectivity index (χ2v) is 4.56. The summed E-state index contributed by atoms with van der Waals surface area (Å²) in [6.07, 6.45) is 6.51. The molecule has 0 amide bonds. The molecule has 2 heteroatoms. The van der Waals surface area contributed by atoms with Crippen LogP contribution in [0.5, 0.6) is 0 Å². The molecule has 1 saturated carbocycles. The van der Waals surface area contributed by atoms with E-state index in [1.54, 1.807) is 0 Å². The molecule has 0 bridgehead atoms. The minimum Gasteiger partial charge on any atom is -0.299 e. The smallest absolute Gasteiger partial charge is 0.140 e. The van der Waals surface area contributed by atoms with E-state index in [0.717, 1.165) is 12.8 Å². The summed E-state index contributed by atoms with van der Waals surface area (Å²) in [7, 11) is 0. The average Bonchev–Trinajstić information content (AvgIpc) is 2.64. The third kappa shape index (κ3) is 2.77. The normalized spacial score (nSPS) is 19.1. The summed E-state index contributed by atoms with van der Waals surface area (Å²) in [5.74, 6) is 0.0620. The van der Waals surface area contributed by atoms with Crippen LogP contribution in [-0.2, 0) is 9.59 Å². The van der Waals surface area contributed by atoms with Crippen LogP contribution in [-0.4, -0.2) is 11.6 Å². The molecular formula is C13H20O2. The third-order valence-electron chi connectivity index (χ3n) is 3.48. The summed E-state index contributed by atoms with van der Waals surface area (Å²) in [4.78, 5) is 22.9. The Kier molecular flexibility index (Phi) is 4.25. The first-order valence-corrected chi connectivity index (χ1v) is 5.71. The lowest BCUT2D eigenvalue weighted by molar-refractivity contribution is -0.132. The molecule has 1 aliphatic rings. The molecule has 1 fully saturated rings. The summed E-state index contributed by atoms with van der Waals surface area (Å²) in [5.41, 5.74) is 0. The molecule has 0 N–H and O–H groups in total. The fourth-order valence-corrected chi connectivity index (χ4v) is 2.77. The van der Waals surface area contributed by atoms with Crippen molar-refractivity contribution in [2.24, 2.45) is 17.8 Å². The highest BCUT2D eigenvalue weighted by molar-refractivity contribution is 6.00. The Bertz CT molecular complexity index is 248. The van der Waals surface area contributed by atoms with Gasteiger partial charge in [-0.25, -0.2) is 0 Å². The van der Waals surface area contributed by atoms with Crippen LogP contribution < -0.4 is 0 Å². The molecule has 1 atom stereocenters. The van der Waals surface area contributed by atoms with Crippen molar-refractivity contribution in [3.05, 3.63) is 12.7 Å². The SMILES string of the molecule is C=C[C@H](C1CCCC1)C(C(C)=O)C(C)=O. The molecule has 0 radical (unpaired) electrons. The maximum atomic E-state index is 11.5. The molecular weight excluding hydrogens is 188 g/mol. The van der Waals surface area contributed by atoms with Gasteiger partial charge >= 0.3 is 0 Å². The van der Waals surface area contributed by atoms with E-state index in [1.807, 2.05) is 6.08 Å². The van der Waals surface area contributed by atoms with Gasteiger partial charge in [-0.3, -0.25) is 9.59 Å². The summed E-state index contributed by atoms with van der Waals surface area (Å²) in [6.45, 7) is 6.81. The van der Waals surface area contributed by atoms with E-state index in [-0.39, 0.29) is 17.5 Å². The van der Waals surface area contributed by atoms with Crippen LogP contribution >= 0.6 is 0 Å². The Morgan fingerprint density at radius 1 is 1.20 bits per heavy atom. The van der Waals surface area contributed by atoms with Crippen molar-refractivity contribution in [1.29, 1.82) is 0 Å². The Morgan fingerprint density at radius 3 is 2.00 bits per heavy atom. The van der Waals surface area contributed by atoms with Crippen molar-refractivity contribution in [2.75, 3.05) is 0 Å². The van der Waals surface area contributed by atoms with Crippen molar-refractivity contribution in [2.45, 2.75) is 39.5 Å². The standard InChI is InChI=1S/C13H20O2/c1-4-12(11-7-5-6-8-11)13(9(2)14)10(3)15/h4,11-13H,1,5-8H2,2-3H3/t12-/m1/s1. The lowest BCUT2D eigenvalue weighted by atomic mass is 9.77. The van der Waals surface area contributed by atoms with Gasteiger partial charge in [0.25, 0.3) is 0 Å². The topological polar surface area (TPSA) is 34.1 Å². The predicted octanol–water partition coefficient (Wildman–Crippen LogP) is 2.77. The van der Waals surface area contributed by atoms with Crippen LogP contribution in [0.1, 0.15) is 39.5 Å². The zero-order valence-corrected chi connectivity index (χ0v) is 9.66. The highest BCUT2D eigenvalue weighted by atomic mass is 16.1. The number of Topliss-reactive ketones (excluding diaryl/α,β-unsaturated/α-hetero) is 2. The van der Waals surface area contributed by atoms with Crippen molar-refractivity contribution >= 4 is 11.6 Å². The average molecular weight is 208 g/mol. The second kappa shape index (κ2) is 5.24. The number of hydrogen-bond acceptors (Lipinski definition) is 2. The molecule has 84 valence electrons. The quantitative estimate of drug-likeness (QED) is 0.514. The number of carbonyl (C=O) groups is 2. The first-order valence-electron chi connectivity index (χ1n) is 5.71. The van der Waals surface area contributed by atoms with Gasteiger partial charge < -0.3 is 0 Å². The van der Waals surface area contributed by atoms with E-state index < -0.39 is 5.92 Å².